The summed E-state index contributed by atoms with van der Waals surface area (Å²) in [7, 11) is 0. The van der Waals surface area contributed by atoms with E-state index >= 15 is 0 Å². The van der Waals surface area contributed by atoms with Gasteiger partial charge in [0.1, 0.15) is 0 Å². The molecule has 0 radical (unpaired) electrons. The maximum Gasteiger partial charge on any atom is 0.160 e. The molecule has 0 fully saturated rings. The summed E-state index contributed by atoms with van der Waals surface area (Å²) in [6, 6.07) is 61.8. The lowest BCUT2D eigenvalue weighted by Gasteiger charge is -2.13. The van der Waals surface area contributed by atoms with Crippen molar-refractivity contribution in [3.05, 3.63) is 176 Å². The van der Waals surface area contributed by atoms with E-state index in [1.54, 1.807) is 0 Å². The molecule has 0 amide bonds. The average Bonchev–Trinajstić information content (AvgIpc) is 3.60. The van der Waals surface area contributed by atoms with E-state index in [1.807, 2.05) is 35.6 Å². The quantitative estimate of drug-likeness (QED) is 0.171. The van der Waals surface area contributed by atoms with Gasteiger partial charge in [-0.3, -0.25) is 0 Å². The second-order valence-electron chi connectivity index (χ2n) is 12.8. The molecule has 0 N–H and O–H groups in total. The minimum atomic E-state index is 0.696. The highest BCUT2D eigenvalue weighted by molar-refractivity contribution is 7.26. The molecule has 7 aromatic carbocycles. The number of nitrogens with zero attached hydrogens (tertiary/aromatic N) is 3. The van der Waals surface area contributed by atoms with E-state index in [9.17, 15) is 0 Å². The van der Waals surface area contributed by atoms with Crippen LogP contribution >= 0.6 is 11.3 Å². The number of para-hydroxylation sites is 1. The van der Waals surface area contributed by atoms with Gasteiger partial charge in [0.05, 0.1) is 22.6 Å². The third-order valence-electron chi connectivity index (χ3n) is 9.68. The summed E-state index contributed by atoms with van der Waals surface area (Å²) in [5.41, 5.74) is 10.2. The fourth-order valence-corrected chi connectivity index (χ4v) is 8.34. The van der Waals surface area contributed by atoms with E-state index in [1.165, 1.54) is 42.1 Å². The Morgan fingerprint density at radius 3 is 1.75 bits per heavy atom. The van der Waals surface area contributed by atoms with Crippen molar-refractivity contribution >= 4 is 53.2 Å². The van der Waals surface area contributed by atoms with Crippen molar-refractivity contribution in [1.82, 2.24) is 15.0 Å². The molecule has 51 heavy (non-hydrogen) atoms. The molecule has 3 heterocycles. The molecule has 0 saturated carbocycles. The van der Waals surface area contributed by atoms with Crippen LogP contribution in [-0.4, -0.2) is 15.0 Å². The lowest BCUT2D eigenvalue weighted by molar-refractivity contribution is 1.18. The van der Waals surface area contributed by atoms with Crippen LogP contribution in [0.5, 0.6) is 0 Å². The summed E-state index contributed by atoms with van der Waals surface area (Å²) in [4.78, 5) is 15.5. The van der Waals surface area contributed by atoms with Gasteiger partial charge in [-0.2, -0.15) is 0 Å². The van der Waals surface area contributed by atoms with E-state index < -0.39 is 0 Å². The third kappa shape index (κ3) is 5.16. The molecule has 3 aromatic heterocycles. The van der Waals surface area contributed by atoms with Crippen LogP contribution in [0.2, 0.25) is 0 Å². The van der Waals surface area contributed by atoms with Crippen molar-refractivity contribution < 1.29 is 0 Å². The summed E-state index contributed by atoms with van der Waals surface area (Å²) in [6.45, 7) is 0. The summed E-state index contributed by atoms with van der Waals surface area (Å²) in [6.07, 6.45) is 0. The van der Waals surface area contributed by atoms with Gasteiger partial charge in [-0.15, -0.1) is 11.3 Å². The Kier molecular flexibility index (Phi) is 7.00. The largest absolute Gasteiger partial charge is 0.247 e. The maximum absolute atomic E-state index is 5.31. The Labute approximate surface area is 299 Å². The van der Waals surface area contributed by atoms with Crippen LogP contribution in [0.15, 0.2) is 176 Å². The lowest BCUT2D eigenvalue weighted by Crippen LogP contribution is -1.96. The Bertz CT molecular complexity index is 2900. The van der Waals surface area contributed by atoms with Crippen molar-refractivity contribution in [3.8, 4) is 56.3 Å². The predicted molar refractivity (Wildman–Crippen MR) is 215 cm³/mol. The fourth-order valence-electron chi connectivity index (χ4n) is 7.23. The first-order valence-electron chi connectivity index (χ1n) is 17.1. The second-order valence-corrected chi connectivity index (χ2v) is 13.9. The predicted octanol–water partition coefficient (Wildman–Crippen LogP) is 12.9. The van der Waals surface area contributed by atoms with Crippen LogP contribution in [0, 0.1) is 0 Å². The molecular weight excluding hydrogens is 639 g/mol. The highest BCUT2D eigenvalue weighted by Crippen LogP contribution is 2.43. The molecule has 0 saturated heterocycles. The Hall–Kier alpha value is -6.49. The maximum atomic E-state index is 5.31. The molecule has 10 rings (SSSR count). The minimum absolute atomic E-state index is 0.696. The molecule has 0 aliphatic carbocycles. The zero-order chi connectivity index (χ0) is 33.7. The Morgan fingerprint density at radius 1 is 0.333 bits per heavy atom. The molecule has 10 aromatic rings. The van der Waals surface area contributed by atoms with Gasteiger partial charge in [-0.05, 0) is 41.5 Å². The lowest BCUT2D eigenvalue weighted by atomic mass is 9.95. The van der Waals surface area contributed by atoms with Gasteiger partial charge in [0.25, 0.3) is 0 Å². The van der Waals surface area contributed by atoms with Crippen molar-refractivity contribution in [2.24, 2.45) is 0 Å². The number of hydrogen-bond acceptors (Lipinski definition) is 4. The highest BCUT2D eigenvalue weighted by Gasteiger charge is 2.17. The number of benzene rings is 7. The zero-order valence-electron chi connectivity index (χ0n) is 27.5. The summed E-state index contributed by atoms with van der Waals surface area (Å²) in [5, 5.41) is 6.17. The first-order valence-corrected chi connectivity index (χ1v) is 17.9. The van der Waals surface area contributed by atoms with Crippen LogP contribution in [0.4, 0.5) is 0 Å². The van der Waals surface area contributed by atoms with E-state index in [0.29, 0.717) is 5.82 Å². The summed E-state index contributed by atoms with van der Waals surface area (Å²) in [5.74, 6) is 0.696. The number of hydrogen-bond donors (Lipinski definition) is 0. The molecule has 0 atom stereocenters. The number of rotatable bonds is 5. The van der Waals surface area contributed by atoms with E-state index in [4.69, 9.17) is 15.0 Å². The van der Waals surface area contributed by atoms with Crippen LogP contribution < -0.4 is 0 Å². The topological polar surface area (TPSA) is 38.7 Å². The fraction of sp³-hybridized carbons (Fsp3) is 0. The van der Waals surface area contributed by atoms with Crippen molar-refractivity contribution in [3.63, 3.8) is 0 Å². The smallest absolute Gasteiger partial charge is 0.160 e. The number of fused-ring (bicyclic) bond motifs is 7. The first kappa shape index (κ1) is 29.4. The molecule has 4 heteroatoms. The molecule has 0 bridgehead atoms. The van der Waals surface area contributed by atoms with Gasteiger partial charge in [0.2, 0.25) is 0 Å². The van der Waals surface area contributed by atoms with Crippen LogP contribution in [0.3, 0.4) is 0 Å². The van der Waals surface area contributed by atoms with Crippen LogP contribution in [-0.2, 0) is 0 Å². The molecular formula is C47H29N3S. The monoisotopic (exact) mass is 667 g/mol. The van der Waals surface area contributed by atoms with E-state index in [-0.39, 0.29) is 0 Å². The van der Waals surface area contributed by atoms with Crippen molar-refractivity contribution in [2.45, 2.75) is 0 Å². The van der Waals surface area contributed by atoms with Gasteiger partial charge >= 0.3 is 0 Å². The molecule has 238 valence electrons. The third-order valence-corrected chi connectivity index (χ3v) is 10.8. The highest BCUT2D eigenvalue weighted by atomic mass is 32.1. The first-order chi connectivity index (χ1) is 25.3. The van der Waals surface area contributed by atoms with Gasteiger partial charge in [-0.1, -0.05) is 146 Å². The summed E-state index contributed by atoms with van der Waals surface area (Å²) < 4.78 is 2.59. The SMILES string of the molecule is c1ccc(-c2ccc(-c3cc(-c4cccc(-c5nc6ccccc6c6c5ccc5sc7ccccc7c56)c4)nc(-c4ccccc4)n3)cc2)cc1. The van der Waals surface area contributed by atoms with E-state index in [2.05, 4.69) is 152 Å². The average molecular weight is 668 g/mol. The number of aromatic nitrogens is 3. The van der Waals surface area contributed by atoms with Gasteiger partial charge < -0.3 is 0 Å². The standard InChI is InChI=1S/C47H29N3S/c1-3-12-30(13-4-1)31-22-24-32(25-23-31)40-29-41(50-47(49-40)33-14-5-2-6-15-33)34-16-11-17-35(28-34)46-38-26-27-43-45(37-19-8-10-21-42(37)51-43)44(38)36-18-7-9-20-39(36)48-46/h1-29H. The molecule has 0 aliphatic rings. The van der Waals surface area contributed by atoms with Gasteiger partial charge in [-0.25, -0.2) is 15.0 Å². The molecule has 0 spiro atoms. The minimum Gasteiger partial charge on any atom is -0.247 e. The Balaban J connectivity index is 1.15. The van der Waals surface area contributed by atoms with Crippen molar-refractivity contribution in [2.75, 3.05) is 0 Å². The number of thiophene rings is 1. The van der Waals surface area contributed by atoms with E-state index in [0.717, 1.165) is 50.2 Å². The van der Waals surface area contributed by atoms with Gasteiger partial charge in [0, 0.05) is 58.6 Å². The van der Waals surface area contributed by atoms with Crippen molar-refractivity contribution in [1.29, 1.82) is 0 Å². The number of pyridine rings is 1. The van der Waals surface area contributed by atoms with Gasteiger partial charge in [0.15, 0.2) is 5.82 Å². The molecule has 0 aliphatic heterocycles. The normalized spacial score (nSPS) is 11.5. The summed E-state index contributed by atoms with van der Waals surface area (Å²) >= 11 is 1.85. The molecule has 3 nitrogen and oxygen atoms in total. The molecule has 0 unspecified atom stereocenters. The Morgan fingerprint density at radius 2 is 0.941 bits per heavy atom. The second kappa shape index (κ2) is 12.1. The van der Waals surface area contributed by atoms with Crippen LogP contribution in [0.25, 0.3) is 98.1 Å². The van der Waals surface area contributed by atoms with Crippen LogP contribution in [0.1, 0.15) is 0 Å². The zero-order valence-corrected chi connectivity index (χ0v) is 28.3.